The van der Waals surface area contributed by atoms with E-state index in [0.29, 0.717) is 47.5 Å². The van der Waals surface area contributed by atoms with Crippen LogP contribution in [-0.4, -0.2) is 60.3 Å². The minimum atomic E-state index is -4.67. The second-order valence-corrected chi connectivity index (χ2v) is 8.28. The first kappa shape index (κ1) is 26.8. The van der Waals surface area contributed by atoms with Crippen molar-refractivity contribution >= 4 is 23.4 Å². The highest BCUT2D eigenvalue weighted by Crippen LogP contribution is 2.31. The largest absolute Gasteiger partial charge is 0.416 e. The van der Waals surface area contributed by atoms with Gasteiger partial charge < -0.3 is 20.7 Å². The Morgan fingerprint density at radius 3 is 2.47 bits per heavy atom. The molecule has 0 bridgehead atoms. The van der Waals surface area contributed by atoms with Crippen LogP contribution in [-0.2, 0) is 10.9 Å². The standard InChI is InChI=1S/C26H24F4N6O2/c27-22-7-6-20(26(28,29)30)15-23(22)35-25(37)34-21-3-1-2-18(14-21)4-5-19-16-32-24(33-17-19)31-8-9-36-10-12-38-13-11-36/h1-3,6-7,14-17H,8-13H2,(H,31,32,33)(H2,34,35,37). The molecule has 8 nitrogen and oxygen atoms in total. The maximum atomic E-state index is 13.9. The lowest BCUT2D eigenvalue weighted by Crippen LogP contribution is -2.39. The van der Waals surface area contributed by atoms with Crippen molar-refractivity contribution in [3.63, 3.8) is 0 Å². The maximum absolute atomic E-state index is 13.9. The van der Waals surface area contributed by atoms with E-state index in [0.717, 1.165) is 32.8 Å². The van der Waals surface area contributed by atoms with Gasteiger partial charge in [-0.2, -0.15) is 13.2 Å². The lowest BCUT2D eigenvalue weighted by molar-refractivity contribution is -0.137. The fourth-order valence-electron chi connectivity index (χ4n) is 3.54. The molecule has 1 aromatic heterocycles. The van der Waals surface area contributed by atoms with Crippen LogP contribution in [0.25, 0.3) is 0 Å². The topological polar surface area (TPSA) is 91.4 Å². The van der Waals surface area contributed by atoms with Gasteiger partial charge in [0.25, 0.3) is 0 Å². The number of urea groups is 1. The van der Waals surface area contributed by atoms with Crippen molar-refractivity contribution in [1.29, 1.82) is 0 Å². The van der Waals surface area contributed by atoms with Gasteiger partial charge in [-0.1, -0.05) is 17.9 Å². The third kappa shape index (κ3) is 7.89. The van der Waals surface area contributed by atoms with Crippen molar-refractivity contribution in [2.24, 2.45) is 0 Å². The number of ether oxygens (including phenoxy) is 1. The van der Waals surface area contributed by atoms with Crippen molar-refractivity contribution in [2.45, 2.75) is 6.18 Å². The molecule has 0 radical (unpaired) electrons. The van der Waals surface area contributed by atoms with Crippen molar-refractivity contribution in [3.05, 3.63) is 77.4 Å². The SMILES string of the molecule is O=C(Nc1cccc(C#Cc2cnc(NCCN3CCOCC3)nc2)c1)Nc1cc(C(F)(F)F)ccc1F. The van der Waals surface area contributed by atoms with E-state index in [2.05, 4.69) is 42.7 Å². The molecule has 12 heteroatoms. The van der Waals surface area contributed by atoms with Crippen LogP contribution < -0.4 is 16.0 Å². The van der Waals surface area contributed by atoms with Gasteiger partial charge >= 0.3 is 12.2 Å². The van der Waals surface area contributed by atoms with Gasteiger partial charge in [-0.05, 0) is 36.4 Å². The summed E-state index contributed by atoms with van der Waals surface area (Å²) in [6, 6.07) is 7.36. The zero-order valence-electron chi connectivity index (χ0n) is 20.1. The molecule has 2 aromatic carbocycles. The maximum Gasteiger partial charge on any atom is 0.416 e. The van der Waals surface area contributed by atoms with Crippen LogP contribution in [0.3, 0.4) is 0 Å². The van der Waals surface area contributed by atoms with E-state index < -0.39 is 29.3 Å². The molecule has 1 aliphatic heterocycles. The molecule has 3 aromatic rings. The van der Waals surface area contributed by atoms with E-state index in [1.807, 2.05) is 0 Å². The van der Waals surface area contributed by atoms with Crippen molar-refractivity contribution < 1.29 is 27.1 Å². The minimum absolute atomic E-state index is 0.317. The third-order valence-electron chi connectivity index (χ3n) is 5.48. The van der Waals surface area contributed by atoms with E-state index in [1.54, 1.807) is 36.7 Å². The number of amides is 2. The van der Waals surface area contributed by atoms with Gasteiger partial charge in [0.15, 0.2) is 0 Å². The van der Waals surface area contributed by atoms with Gasteiger partial charge in [0.2, 0.25) is 5.95 Å². The van der Waals surface area contributed by atoms with E-state index in [9.17, 15) is 22.4 Å². The normalized spacial score (nSPS) is 13.8. The number of anilines is 3. The second kappa shape index (κ2) is 12.4. The summed E-state index contributed by atoms with van der Waals surface area (Å²) >= 11 is 0. The van der Waals surface area contributed by atoms with Crippen molar-refractivity contribution in [1.82, 2.24) is 14.9 Å². The highest BCUT2D eigenvalue weighted by atomic mass is 19.4. The lowest BCUT2D eigenvalue weighted by atomic mass is 10.2. The average Bonchev–Trinajstić information content (AvgIpc) is 2.90. The van der Waals surface area contributed by atoms with Crippen LogP contribution in [0.4, 0.5) is 39.7 Å². The van der Waals surface area contributed by atoms with Crippen LogP contribution in [0.1, 0.15) is 16.7 Å². The van der Waals surface area contributed by atoms with E-state index >= 15 is 0 Å². The van der Waals surface area contributed by atoms with Crippen LogP contribution in [0.2, 0.25) is 0 Å². The molecular weight excluding hydrogens is 504 g/mol. The second-order valence-electron chi connectivity index (χ2n) is 8.28. The smallest absolute Gasteiger partial charge is 0.379 e. The Labute approximate surface area is 216 Å². The fourth-order valence-corrected chi connectivity index (χ4v) is 3.54. The molecule has 0 spiro atoms. The number of nitrogens with zero attached hydrogens (tertiary/aromatic N) is 3. The van der Waals surface area contributed by atoms with Gasteiger partial charge in [0.1, 0.15) is 5.82 Å². The number of hydrogen-bond acceptors (Lipinski definition) is 6. The number of hydrogen-bond donors (Lipinski definition) is 3. The molecule has 0 unspecified atom stereocenters. The summed E-state index contributed by atoms with van der Waals surface area (Å²) in [7, 11) is 0. The monoisotopic (exact) mass is 528 g/mol. The highest BCUT2D eigenvalue weighted by molar-refractivity contribution is 6.00. The fraction of sp³-hybridized carbons (Fsp3) is 0.269. The Bertz CT molecular complexity index is 1320. The Hall–Kier alpha value is -4.21. The zero-order chi connectivity index (χ0) is 27.0. The number of benzene rings is 2. The summed E-state index contributed by atoms with van der Waals surface area (Å²) in [5, 5.41) is 7.72. The first-order chi connectivity index (χ1) is 18.3. The molecule has 2 amide bonds. The predicted octanol–water partition coefficient (Wildman–Crippen LogP) is 4.42. The molecule has 3 N–H and O–H groups in total. The Morgan fingerprint density at radius 2 is 1.74 bits per heavy atom. The van der Waals surface area contributed by atoms with Gasteiger partial charge in [0.05, 0.1) is 30.0 Å². The predicted molar refractivity (Wildman–Crippen MR) is 134 cm³/mol. The van der Waals surface area contributed by atoms with Gasteiger partial charge in [0, 0.05) is 49.8 Å². The van der Waals surface area contributed by atoms with Crippen molar-refractivity contribution in [2.75, 3.05) is 55.3 Å². The Kier molecular flexibility index (Phi) is 8.73. The van der Waals surface area contributed by atoms with Gasteiger partial charge in [-0.3, -0.25) is 4.90 Å². The number of nitrogens with one attached hydrogen (secondary N) is 3. The molecule has 1 aliphatic rings. The van der Waals surface area contributed by atoms with Crippen LogP contribution in [0.5, 0.6) is 0 Å². The molecule has 0 atom stereocenters. The summed E-state index contributed by atoms with van der Waals surface area (Å²) in [5.74, 6) is 5.38. The molecule has 4 rings (SSSR count). The molecule has 1 saturated heterocycles. The molecule has 1 fully saturated rings. The summed E-state index contributed by atoms with van der Waals surface area (Å²) in [6.07, 6.45) is -1.48. The molecular formula is C26H24F4N6O2. The zero-order valence-corrected chi connectivity index (χ0v) is 20.1. The number of rotatable bonds is 6. The quantitative estimate of drug-likeness (QED) is 0.324. The third-order valence-corrected chi connectivity index (χ3v) is 5.48. The molecule has 2 heterocycles. The highest BCUT2D eigenvalue weighted by Gasteiger charge is 2.31. The first-order valence-electron chi connectivity index (χ1n) is 11.7. The van der Waals surface area contributed by atoms with Crippen molar-refractivity contribution in [3.8, 4) is 11.8 Å². The summed E-state index contributed by atoms with van der Waals surface area (Å²) in [5.41, 5.74) is -0.210. The van der Waals surface area contributed by atoms with E-state index in [-0.39, 0.29) is 0 Å². The Morgan fingerprint density at radius 1 is 1.00 bits per heavy atom. The number of halogens is 4. The summed E-state index contributed by atoms with van der Waals surface area (Å²) in [4.78, 5) is 23.1. The summed E-state index contributed by atoms with van der Waals surface area (Å²) in [6.45, 7) is 4.88. The molecule has 38 heavy (non-hydrogen) atoms. The Balaban J connectivity index is 1.31. The number of alkyl halides is 3. The number of carbonyl (C=O) groups is 1. The van der Waals surface area contributed by atoms with Gasteiger partial charge in [-0.15, -0.1) is 0 Å². The molecule has 0 aliphatic carbocycles. The van der Waals surface area contributed by atoms with Gasteiger partial charge in [-0.25, -0.2) is 19.2 Å². The minimum Gasteiger partial charge on any atom is -0.379 e. The average molecular weight is 529 g/mol. The lowest BCUT2D eigenvalue weighted by Gasteiger charge is -2.26. The number of aromatic nitrogens is 2. The van der Waals surface area contributed by atoms with Crippen LogP contribution in [0.15, 0.2) is 54.9 Å². The molecule has 198 valence electrons. The first-order valence-corrected chi connectivity index (χ1v) is 11.7. The van der Waals surface area contributed by atoms with E-state index in [4.69, 9.17) is 4.74 Å². The number of morpholine rings is 1. The molecule has 0 saturated carbocycles. The van der Waals surface area contributed by atoms with Crippen LogP contribution in [0, 0.1) is 17.7 Å². The summed E-state index contributed by atoms with van der Waals surface area (Å²) < 4.78 is 57.9. The van der Waals surface area contributed by atoms with E-state index in [1.165, 1.54) is 0 Å². The number of carbonyl (C=O) groups excluding carboxylic acids is 1. The van der Waals surface area contributed by atoms with Crippen LogP contribution >= 0.6 is 0 Å².